The smallest absolute Gasteiger partial charge is 0.160 e. The Balaban J connectivity index is 1.67. The third-order valence-corrected chi connectivity index (χ3v) is 4.32. The second-order valence-corrected chi connectivity index (χ2v) is 7.04. The summed E-state index contributed by atoms with van der Waals surface area (Å²) in [5, 5.41) is 12.2. The van der Waals surface area contributed by atoms with Crippen molar-refractivity contribution in [2.75, 3.05) is 0 Å². The average Bonchev–Trinajstić information content (AvgIpc) is 2.77. The van der Waals surface area contributed by atoms with Gasteiger partial charge in [0.05, 0.1) is 6.54 Å². The molecular formula is C16H24N4. The van der Waals surface area contributed by atoms with Crippen LogP contribution in [0.1, 0.15) is 45.9 Å². The first-order valence-corrected chi connectivity index (χ1v) is 7.55. The molecule has 4 heteroatoms. The zero-order valence-electron chi connectivity index (χ0n) is 12.6. The van der Waals surface area contributed by atoms with Gasteiger partial charge in [0.25, 0.3) is 0 Å². The molecule has 2 atom stereocenters. The van der Waals surface area contributed by atoms with E-state index in [0.29, 0.717) is 11.5 Å². The number of nitrogens with zero attached hydrogens (tertiary/aromatic N) is 3. The normalized spacial score (nSPS) is 25.9. The van der Waals surface area contributed by atoms with Crippen LogP contribution in [0.15, 0.2) is 24.4 Å². The molecule has 0 amide bonds. The van der Waals surface area contributed by atoms with E-state index in [0.717, 1.165) is 23.9 Å². The Morgan fingerprint density at radius 2 is 2.15 bits per heavy atom. The number of hydrogen-bond acceptors (Lipinski definition) is 3. The molecule has 3 rings (SSSR count). The van der Waals surface area contributed by atoms with Gasteiger partial charge in [-0.15, -0.1) is 10.2 Å². The van der Waals surface area contributed by atoms with E-state index in [-0.39, 0.29) is 0 Å². The van der Waals surface area contributed by atoms with E-state index in [9.17, 15) is 0 Å². The third kappa shape index (κ3) is 2.85. The Hall–Kier alpha value is -1.42. The van der Waals surface area contributed by atoms with E-state index in [1.54, 1.807) is 0 Å². The lowest BCUT2D eigenvalue weighted by Crippen LogP contribution is -2.40. The van der Waals surface area contributed by atoms with Crippen molar-refractivity contribution >= 4 is 5.65 Å². The topological polar surface area (TPSA) is 42.2 Å². The number of rotatable bonds is 3. The molecule has 0 radical (unpaired) electrons. The summed E-state index contributed by atoms with van der Waals surface area (Å²) in [7, 11) is 0. The van der Waals surface area contributed by atoms with Crippen LogP contribution in [0.25, 0.3) is 5.65 Å². The standard InChI is InChI=1S/C16H24N4/c1-12-8-13(10-16(2,3)9-12)17-11-15-19-18-14-6-4-5-7-20(14)15/h4-7,12-13,17H,8-11H2,1-3H3. The van der Waals surface area contributed by atoms with Gasteiger partial charge in [-0.2, -0.15) is 0 Å². The molecule has 20 heavy (non-hydrogen) atoms. The lowest BCUT2D eigenvalue weighted by Gasteiger charge is -2.39. The highest BCUT2D eigenvalue weighted by atomic mass is 15.3. The Morgan fingerprint density at radius 3 is 2.95 bits per heavy atom. The lowest BCUT2D eigenvalue weighted by molar-refractivity contribution is 0.150. The van der Waals surface area contributed by atoms with Crippen LogP contribution in [-0.2, 0) is 6.54 Å². The summed E-state index contributed by atoms with van der Waals surface area (Å²) >= 11 is 0. The molecule has 0 spiro atoms. The van der Waals surface area contributed by atoms with Crippen molar-refractivity contribution in [3.8, 4) is 0 Å². The zero-order valence-corrected chi connectivity index (χ0v) is 12.6. The van der Waals surface area contributed by atoms with Crippen molar-refractivity contribution < 1.29 is 0 Å². The molecule has 0 aromatic carbocycles. The van der Waals surface area contributed by atoms with Gasteiger partial charge >= 0.3 is 0 Å². The first-order valence-electron chi connectivity index (χ1n) is 7.55. The summed E-state index contributed by atoms with van der Waals surface area (Å²) in [6.07, 6.45) is 5.87. The minimum Gasteiger partial charge on any atom is -0.307 e. The van der Waals surface area contributed by atoms with Crippen molar-refractivity contribution in [1.29, 1.82) is 0 Å². The number of aromatic nitrogens is 3. The SMILES string of the molecule is CC1CC(NCc2nnc3ccccn23)CC(C)(C)C1. The van der Waals surface area contributed by atoms with Gasteiger partial charge in [-0.25, -0.2) is 0 Å². The molecule has 0 bridgehead atoms. The quantitative estimate of drug-likeness (QED) is 0.934. The number of pyridine rings is 1. The third-order valence-electron chi connectivity index (χ3n) is 4.32. The van der Waals surface area contributed by atoms with Gasteiger partial charge in [0, 0.05) is 12.2 Å². The zero-order chi connectivity index (χ0) is 14.2. The summed E-state index contributed by atoms with van der Waals surface area (Å²) in [6.45, 7) is 7.91. The van der Waals surface area contributed by atoms with Crippen LogP contribution in [0, 0.1) is 11.3 Å². The van der Waals surface area contributed by atoms with Gasteiger partial charge in [0.15, 0.2) is 11.5 Å². The molecule has 1 saturated carbocycles. The molecule has 1 aliphatic rings. The fraction of sp³-hybridized carbons (Fsp3) is 0.625. The highest BCUT2D eigenvalue weighted by molar-refractivity contribution is 5.36. The van der Waals surface area contributed by atoms with Crippen LogP contribution >= 0.6 is 0 Å². The molecule has 2 aromatic rings. The Bertz CT molecular complexity index is 587. The highest BCUT2D eigenvalue weighted by Crippen LogP contribution is 2.38. The average molecular weight is 272 g/mol. The monoisotopic (exact) mass is 272 g/mol. The number of fused-ring (bicyclic) bond motifs is 1. The van der Waals surface area contributed by atoms with Crippen molar-refractivity contribution in [3.05, 3.63) is 30.2 Å². The highest BCUT2D eigenvalue weighted by Gasteiger charge is 2.31. The van der Waals surface area contributed by atoms with Crippen molar-refractivity contribution in [1.82, 2.24) is 19.9 Å². The maximum atomic E-state index is 4.29. The maximum absolute atomic E-state index is 4.29. The van der Waals surface area contributed by atoms with Gasteiger partial charge in [-0.3, -0.25) is 4.40 Å². The molecule has 108 valence electrons. The van der Waals surface area contributed by atoms with Gasteiger partial charge in [0.1, 0.15) is 0 Å². The fourth-order valence-electron chi connectivity index (χ4n) is 3.75. The summed E-state index contributed by atoms with van der Waals surface area (Å²) in [6, 6.07) is 6.59. The summed E-state index contributed by atoms with van der Waals surface area (Å²) < 4.78 is 2.06. The largest absolute Gasteiger partial charge is 0.307 e. The second kappa shape index (κ2) is 5.17. The first-order chi connectivity index (χ1) is 9.53. The Morgan fingerprint density at radius 1 is 1.30 bits per heavy atom. The summed E-state index contributed by atoms with van der Waals surface area (Å²) in [4.78, 5) is 0. The molecule has 2 unspecified atom stereocenters. The van der Waals surface area contributed by atoms with Crippen molar-refractivity contribution in [2.24, 2.45) is 11.3 Å². The molecule has 0 aliphatic heterocycles. The van der Waals surface area contributed by atoms with Crippen molar-refractivity contribution in [3.63, 3.8) is 0 Å². The van der Waals surface area contributed by atoms with Crippen LogP contribution in [-0.4, -0.2) is 20.6 Å². The fourth-order valence-corrected chi connectivity index (χ4v) is 3.75. The molecule has 1 N–H and O–H groups in total. The van der Waals surface area contributed by atoms with E-state index < -0.39 is 0 Å². The van der Waals surface area contributed by atoms with Crippen molar-refractivity contribution in [2.45, 2.75) is 52.6 Å². The lowest BCUT2D eigenvalue weighted by atomic mass is 9.70. The van der Waals surface area contributed by atoms with Gasteiger partial charge < -0.3 is 5.32 Å². The van der Waals surface area contributed by atoms with Crippen LogP contribution in [0.4, 0.5) is 0 Å². The molecule has 1 aliphatic carbocycles. The molecule has 1 fully saturated rings. The molecule has 2 aromatic heterocycles. The molecule has 4 nitrogen and oxygen atoms in total. The van der Waals surface area contributed by atoms with E-state index >= 15 is 0 Å². The van der Waals surface area contributed by atoms with Crippen LogP contribution in [0.5, 0.6) is 0 Å². The minimum absolute atomic E-state index is 0.447. The van der Waals surface area contributed by atoms with Gasteiger partial charge in [-0.1, -0.05) is 26.8 Å². The Kier molecular flexibility index (Phi) is 3.50. The van der Waals surface area contributed by atoms with E-state index in [2.05, 4.69) is 40.7 Å². The Labute approximate surface area is 120 Å². The summed E-state index contributed by atoms with van der Waals surface area (Å²) in [5.41, 5.74) is 1.36. The van der Waals surface area contributed by atoms with E-state index in [1.807, 2.05) is 24.4 Å². The van der Waals surface area contributed by atoms with Gasteiger partial charge in [-0.05, 0) is 42.7 Å². The second-order valence-electron chi connectivity index (χ2n) is 7.04. The van der Waals surface area contributed by atoms with Crippen LogP contribution in [0.3, 0.4) is 0 Å². The van der Waals surface area contributed by atoms with E-state index in [4.69, 9.17) is 0 Å². The molecule has 2 heterocycles. The molecule has 0 saturated heterocycles. The van der Waals surface area contributed by atoms with E-state index in [1.165, 1.54) is 19.3 Å². The van der Waals surface area contributed by atoms with Gasteiger partial charge in [0.2, 0.25) is 0 Å². The summed E-state index contributed by atoms with van der Waals surface area (Å²) in [5.74, 6) is 1.79. The predicted molar refractivity (Wildman–Crippen MR) is 80.4 cm³/mol. The van der Waals surface area contributed by atoms with Crippen LogP contribution in [0.2, 0.25) is 0 Å². The first kappa shape index (κ1) is 13.6. The molecular weight excluding hydrogens is 248 g/mol. The number of nitrogens with one attached hydrogen (secondary N) is 1. The predicted octanol–water partition coefficient (Wildman–Crippen LogP) is 3.03. The minimum atomic E-state index is 0.447. The van der Waals surface area contributed by atoms with Crippen LogP contribution < -0.4 is 5.32 Å². The maximum Gasteiger partial charge on any atom is 0.160 e. The number of hydrogen-bond donors (Lipinski definition) is 1.